The standard InChI is InChI=1S/C21H27N3O4S/c1-16-5-8-18(9-6-16)14-23-11-4-12-24(29(23,26)27)15-21(25)22-19-13-17(2)7-10-20(19)28-3/h5-10,13H,4,11-12,14-15H2,1-3H3,(H,22,25). The van der Waals surface area contributed by atoms with Crippen LogP contribution < -0.4 is 10.1 Å². The topological polar surface area (TPSA) is 79.0 Å². The minimum Gasteiger partial charge on any atom is -0.495 e. The number of methoxy groups -OCH3 is 1. The first-order valence-corrected chi connectivity index (χ1v) is 10.9. The number of hydrogen-bond acceptors (Lipinski definition) is 4. The predicted octanol–water partition coefficient (Wildman–Crippen LogP) is 2.70. The highest BCUT2D eigenvalue weighted by molar-refractivity contribution is 7.86. The summed E-state index contributed by atoms with van der Waals surface area (Å²) >= 11 is 0. The van der Waals surface area contributed by atoms with E-state index in [1.807, 2.05) is 44.2 Å². The van der Waals surface area contributed by atoms with Crippen molar-refractivity contribution in [2.45, 2.75) is 26.8 Å². The van der Waals surface area contributed by atoms with Crippen molar-refractivity contribution in [3.05, 3.63) is 59.2 Å². The van der Waals surface area contributed by atoms with E-state index in [-0.39, 0.29) is 6.54 Å². The van der Waals surface area contributed by atoms with Crippen molar-refractivity contribution in [3.8, 4) is 5.75 Å². The lowest BCUT2D eigenvalue weighted by Gasteiger charge is -2.34. The summed E-state index contributed by atoms with van der Waals surface area (Å²) in [6.07, 6.45) is 0.673. The number of anilines is 1. The third-order valence-electron chi connectivity index (χ3n) is 4.90. The number of amides is 1. The van der Waals surface area contributed by atoms with Gasteiger partial charge in [-0.05, 0) is 43.5 Å². The molecular weight excluding hydrogens is 390 g/mol. The molecule has 1 heterocycles. The fourth-order valence-corrected chi connectivity index (χ4v) is 4.94. The molecule has 0 aromatic heterocycles. The molecule has 0 radical (unpaired) electrons. The van der Waals surface area contributed by atoms with Gasteiger partial charge in [-0.15, -0.1) is 0 Å². The second kappa shape index (κ2) is 8.94. The highest BCUT2D eigenvalue weighted by Gasteiger charge is 2.34. The Morgan fingerprint density at radius 3 is 2.38 bits per heavy atom. The second-order valence-electron chi connectivity index (χ2n) is 7.27. The van der Waals surface area contributed by atoms with Gasteiger partial charge in [-0.3, -0.25) is 4.79 Å². The van der Waals surface area contributed by atoms with E-state index in [1.165, 1.54) is 15.7 Å². The average molecular weight is 418 g/mol. The average Bonchev–Trinajstić information content (AvgIpc) is 2.67. The fourth-order valence-electron chi connectivity index (χ4n) is 3.31. The number of aryl methyl sites for hydroxylation is 2. The number of rotatable bonds is 6. The Hall–Kier alpha value is -2.42. The van der Waals surface area contributed by atoms with Crippen molar-refractivity contribution in [1.29, 1.82) is 0 Å². The van der Waals surface area contributed by atoms with Gasteiger partial charge in [-0.25, -0.2) is 0 Å². The summed E-state index contributed by atoms with van der Waals surface area (Å²) in [4.78, 5) is 12.6. The van der Waals surface area contributed by atoms with Crippen molar-refractivity contribution in [2.24, 2.45) is 0 Å². The molecule has 0 saturated carbocycles. The van der Waals surface area contributed by atoms with Crippen LogP contribution in [0.3, 0.4) is 0 Å². The van der Waals surface area contributed by atoms with Crippen LogP contribution in [0.5, 0.6) is 5.75 Å². The number of ether oxygens (including phenoxy) is 1. The minimum atomic E-state index is -3.71. The molecule has 0 unspecified atom stereocenters. The second-order valence-corrected chi connectivity index (χ2v) is 9.19. The third-order valence-corrected chi connectivity index (χ3v) is 6.82. The van der Waals surface area contributed by atoms with Crippen LogP contribution in [0.4, 0.5) is 5.69 Å². The van der Waals surface area contributed by atoms with Crippen LogP contribution in [-0.4, -0.2) is 49.7 Å². The summed E-state index contributed by atoms with van der Waals surface area (Å²) in [6, 6.07) is 13.2. The van der Waals surface area contributed by atoms with Crippen LogP contribution >= 0.6 is 0 Å². The summed E-state index contributed by atoms with van der Waals surface area (Å²) in [5.74, 6) is 0.140. The zero-order valence-electron chi connectivity index (χ0n) is 17.0. The molecule has 1 aliphatic rings. The van der Waals surface area contributed by atoms with E-state index in [0.29, 0.717) is 37.5 Å². The summed E-state index contributed by atoms with van der Waals surface area (Å²) in [6.45, 7) is 4.74. The first kappa shape index (κ1) is 21.3. The Morgan fingerprint density at radius 2 is 1.69 bits per heavy atom. The summed E-state index contributed by atoms with van der Waals surface area (Å²) in [5.41, 5.74) is 3.55. The largest absolute Gasteiger partial charge is 0.495 e. The number of carbonyl (C=O) groups excluding carboxylic acids is 1. The maximum Gasteiger partial charge on any atom is 0.282 e. The van der Waals surface area contributed by atoms with Crippen LogP contribution in [-0.2, 0) is 21.5 Å². The lowest BCUT2D eigenvalue weighted by atomic mass is 10.1. The molecule has 2 aromatic rings. The van der Waals surface area contributed by atoms with E-state index in [0.717, 1.165) is 16.7 Å². The SMILES string of the molecule is COc1ccc(C)cc1NC(=O)CN1CCCN(Cc2ccc(C)cc2)S1(=O)=O. The van der Waals surface area contributed by atoms with Gasteiger partial charge in [-0.1, -0.05) is 35.9 Å². The Kier molecular flexibility index (Phi) is 6.56. The monoisotopic (exact) mass is 417 g/mol. The highest BCUT2D eigenvalue weighted by Crippen LogP contribution is 2.25. The number of nitrogens with one attached hydrogen (secondary N) is 1. The minimum absolute atomic E-state index is 0.232. The lowest BCUT2D eigenvalue weighted by Crippen LogP contribution is -2.51. The Bertz CT molecular complexity index is 974. The van der Waals surface area contributed by atoms with Crippen molar-refractivity contribution in [2.75, 3.05) is 32.1 Å². The maximum absolute atomic E-state index is 13.0. The van der Waals surface area contributed by atoms with Crippen LogP contribution in [0.25, 0.3) is 0 Å². The van der Waals surface area contributed by atoms with Gasteiger partial charge >= 0.3 is 0 Å². The molecule has 3 rings (SSSR count). The van der Waals surface area contributed by atoms with Gasteiger partial charge in [0.1, 0.15) is 5.75 Å². The van der Waals surface area contributed by atoms with E-state index in [9.17, 15) is 13.2 Å². The quantitative estimate of drug-likeness (QED) is 0.784. The molecule has 2 aromatic carbocycles. The van der Waals surface area contributed by atoms with Gasteiger partial charge in [0.25, 0.3) is 10.2 Å². The zero-order chi connectivity index (χ0) is 21.0. The third kappa shape index (κ3) is 5.14. The van der Waals surface area contributed by atoms with Crippen LogP contribution in [0.2, 0.25) is 0 Å². The molecule has 1 aliphatic heterocycles. The lowest BCUT2D eigenvalue weighted by molar-refractivity contribution is -0.116. The van der Waals surface area contributed by atoms with Crippen molar-refractivity contribution in [3.63, 3.8) is 0 Å². The molecule has 0 bridgehead atoms. The van der Waals surface area contributed by atoms with Crippen LogP contribution in [0, 0.1) is 13.8 Å². The van der Waals surface area contributed by atoms with Gasteiger partial charge < -0.3 is 10.1 Å². The molecule has 7 nitrogen and oxygen atoms in total. The molecular formula is C21H27N3O4S. The predicted molar refractivity (Wildman–Crippen MR) is 113 cm³/mol. The van der Waals surface area contributed by atoms with E-state index in [4.69, 9.17) is 4.74 Å². The molecule has 8 heteroatoms. The molecule has 156 valence electrons. The molecule has 0 spiro atoms. The van der Waals surface area contributed by atoms with Crippen LogP contribution in [0.1, 0.15) is 23.1 Å². The number of benzene rings is 2. The Balaban J connectivity index is 1.69. The van der Waals surface area contributed by atoms with Crippen molar-refractivity contribution >= 4 is 21.8 Å². The fraction of sp³-hybridized carbons (Fsp3) is 0.381. The summed E-state index contributed by atoms with van der Waals surface area (Å²) in [7, 11) is -2.18. The zero-order valence-corrected chi connectivity index (χ0v) is 17.8. The molecule has 1 N–H and O–H groups in total. The van der Waals surface area contributed by atoms with Gasteiger partial charge in [0.2, 0.25) is 5.91 Å². The summed E-state index contributed by atoms with van der Waals surface area (Å²) < 4.78 is 33.9. The van der Waals surface area contributed by atoms with E-state index >= 15 is 0 Å². The molecule has 0 aliphatic carbocycles. The normalized spacial score (nSPS) is 17.1. The van der Waals surface area contributed by atoms with Gasteiger partial charge in [0, 0.05) is 19.6 Å². The molecule has 1 amide bonds. The first-order valence-electron chi connectivity index (χ1n) is 9.55. The van der Waals surface area contributed by atoms with E-state index in [1.54, 1.807) is 12.1 Å². The van der Waals surface area contributed by atoms with Crippen LogP contribution in [0.15, 0.2) is 42.5 Å². The van der Waals surface area contributed by atoms with Gasteiger partial charge in [0.15, 0.2) is 0 Å². The number of carbonyl (C=O) groups is 1. The van der Waals surface area contributed by atoms with Gasteiger partial charge in [-0.2, -0.15) is 17.0 Å². The van der Waals surface area contributed by atoms with Crippen molar-refractivity contribution in [1.82, 2.24) is 8.61 Å². The van der Waals surface area contributed by atoms with Gasteiger partial charge in [0.05, 0.1) is 19.3 Å². The van der Waals surface area contributed by atoms with Crippen molar-refractivity contribution < 1.29 is 17.9 Å². The smallest absolute Gasteiger partial charge is 0.282 e. The molecule has 1 saturated heterocycles. The Morgan fingerprint density at radius 1 is 1.03 bits per heavy atom. The number of hydrogen-bond donors (Lipinski definition) is 1. The molecule has 0 atom stereocenters. The maximum atomic E-state index is 13.0. The number of nitrogens with zero attached hydrogens (tertiary/aromatic N) is 2. The highest BCUT2D eigenvalue weighted by atomic mass is 32.2. The first-order chi connectivity index (χ1) is 13.8. The van der Waals surface area contributed by atoms with E-state index < -0.39 is 16.1 Å². The summed E-state index contributed by atoms with van der Waals surface area (Å²) in [5, 5.41) is 2.77. The van der Waals surface area contributed by atoms with E-state index in [2.05, 4.69) is 5.32 Å². The molecule has 1 fully saturated rings. The Labute approximate surface area is 172 Å². The molecule has 29 heavy (non-hydrogen) atoms.